The van der Waals surface area contributed by atoms with E-state index in [1.807, 2.05) is 12.1 Å². The van der Waals surface area contributed by atoms with Crippen LogP contribution in [0.3, 0.4) is 0 Å². The molecule has 1 atom stereocenters. The first-order chi connectivity index (χ1) is 9.61. The molecule has 2 aromatic carbocycles. The van der Waals surface area contributed by atoms with Crippen LogP contribution in [-0.2, 0) is 12.8 Å². The highest BCUT2D eigenvalue weighted by atomic mass is 79.9. The second kappa shape index (κ2) is 6.98. The molecule has 2 aromatic rings. The molecule has 1 unspecified atom stereocenters. The Morgan fingerprint density at radius 3 is 2.20 bits per heavy atom. The fourth-order valence-electron chi connectivity index (χ4n) is 2.35. The lowest BCUT2D eigenvalue weighted by Crippen LogP contribution is -2.13. The Kier molecular flexibility index (Phi) is 5.30. The summed E-state index contributed by atoms with van der Waals surface area (Å²) in [6.45, 7) is 2.06. The first-order valence-electron chi connectivity index (χ1n) is 6.65. The molecule has 0 saturated carbocycles. The van der Waals surface area contributed by atoms with Crippen molar-refractivity contribution in [1.29, 1.82) is 0 Å². The highest BCUT2D eigenvalue weighted by molar-refractivity contribution is 9.09. The summed E-state index contributed by atoms with van der Waals surface area (Å²) >= 11 is 3.46. The van der Waals surface area contributed by atoms with E-state index in [2.05, 4.69) is 35.0 Å². The van der Waals surface area contributed by atoms with E-state index in [1.54, 1.807) is 0 Å². The van der Waals surface area contributed by atoms with Crippen LogP contribution in [-0.4, -0.2) is 5.33 Å². The van der Waals surface area contributed by atoms with Gasteiger partial charge < -0.3 is 0 Å². The van der Waals surface area contributed by atoms with Crippen LogP contribution < -0.4 is 0 Å². The van der Waals surface area contributed by atoms with Gasteiger partial charge in [-0.05, 0) is 48.9 Å². The van der Waals surface area contributed by atoms with Crippen molar-refractivity contribution in [2.24, 2.45) is 5.92 Å². The molecule has 0 bridgehead atoms. The number of rotatable bonds is 5. The monoisotopic (exact) mass is 338 g/mol. The van der Waals surface area contributed by atoms with E-state index in [0.717, 1.165) is 11.8 Å². The van der Waals surface area contributed by atoms with Gasteiger partial charge in [0.1, 0.15) is 11.6 Å². The molecule has 0 saturated heterocycles. The van der Waals surface area contributed by atoms with Crippen LogP contribution in [0.2, 0.25) is 0 Å². The summed E-state index contributed by atoms with van der Waals surface area (Å²) in [6.07, 6.45) is 1.21. The maximum absolute atomic E-state index is 13.7. The maximum Gasteiger partial charge on any atom is 0.129 e. The van der Waals surface area contributed by atoms with Crippen LogP contribution in [0.1, 0.15) is 16.7 Å². The minimum Gasteiger partial charge on any atom is -0.207 e. The van der Waals surface area contributed by atoms with Crippen molar-refractivity contribution in [3.8, 4) is 0 Å². The third-order valence-electron chi connectivity index (χ3n) is 3.54. The number of aryl methyl sites for hydroxylation is 1. The van der Waals surface area contributed by atoms with E-state index in [4.69, 9.17) is 0 Å². The molecule has 0 N–H and O–H groups in total. The van der Waals surface area contributed by atoms with E-state index < -0.39 is 11.6 Å². The van der Waals surface area contributed by atoms with Crippen molar-refractivity contribution in [3.05, 3.63) is 70.8 Å². The average Bonchev–Trinajstić information content (AvgIpc) is 2.44. The SMILES string of the molecule is Cc1ccccc1CC(CBr)Cc1c(F)cccc1F. The zero-order valence-corrected chi connectivity index (χ0v) is 13.0. The topological polar surface area (TPSA) is 0 Å². The molecule has 0 amide bonds. The number of alkyl halides is 1. The molecule has 20 heavy (non-hydrogen) atoms. The van der Waals surface area contributed by atoms with Gasteiger partial charge in [-0.3, -0.25) is 0 Å². The third-order valence-corrected chi connectivity index (χ3v) is 4.46. The summed E-state index contributed by atoms with van der Waals surface area (Å²) < 4.78 is 27.4. The lowest BCUT2D eigenvalue weighted by Gasteiger charge is -2.16. The minimum absolute atomic E-state index is 0.169. The van der Waals surface area contributed by atoms with Gasteiger partial charge in [-0.25, -0.2) is 8.78 Å². The van der Waals surface area contributed by atoms with Gasteiger partial charge in [-0.15, -0.1) is 0 Å². The second-order valence-corrected chi connectivity index (χ2v) is 5.70. The zero-order chi connectivity index (χ0) is 14.5. The van der Waals surface area contributed by atoms with Crippen molar-refractivity contribution in [2.75, 3.05) is 5.33 Å². The molecule has 3 heteroatoms. The Hall–Kier alpha value is -1.22. The molecular formula is C17H17BrF2. The van der Waals surface area contributed by atoms with Gasteiger partial charge in [0, 0.05) is 10.9 Å². The van der Waals surface area contributed by atoms with Crippen molar-refractivity contribution < 1.29 is 8.78 Å². The third kappa shape index (κ3) is 3.66. The highest BCUT2D eigenvalue weighted by Crippen LogP contribution is 2.22. The summed E-state index contributed by atoms with van der Waals surface area (Å²) in [4.78, 5) is 0. The molecule has 0 aromatic heterocycles. The molecule has 0 aliphatic heterocycles. The second-order valence-electron chi connectivity index (χ2n) is 5.06. The molecule has 0 aliphatic rings. The molecule has 0 spiro atoms. The van der Waals surface area contributed by atoms with Gasteiger partial charge in [-0.2, -0.15) is 0 Å². The molecule has 0 fully saturated rings. The quantitative estimate of drug-likeness (QED) is 0.667. The summed E-state index contributed by atoms with van der Waals surface area (Å²) in [7, 11) is 0. The summed E-state index contributed by atoms with van der Waals surface area (Å²) in [5, 5.41) is 0.717. The van der Waals surface area contributed by atoms with E-state index >= 15 is 0 Å². The largest absolute Gasteiger partial charge is 0.207 e. The molecular weight excluding hydrogens is 322 g/mol. The lowest BCUT2D eigenvalue weighted by molar-refractivity contribution is 0.510. The van der Waals surface area contributed by atoms with Gasteiger partial charge in [0.2, 0.25) is 0 Å². The smallest absolute Gasteiger partial charge is 0.129 e. The predicted molar refractivity (Wildman–Crippen MR) is 82.2 cm³/mol. The number of halogens is 3. The first-order valence-corrected chi connectivity index (χ1v) is 7.77. The van der Waals surface area contributed by atoms with Crippen molar-refractivity contribution in [3.63, 3.8) is 0 Å². The van der Waals surface area contributed by atoms with Crippen LogP contribution in [0, 0.1) is 24.5 Å². The van der Waals surface area contributed by atoms with E-state index in [1.165, 1.54) is 29.3 Å². The standard InChI is InChI=1S/C17H17BrF2/c1-12-5-2-3-6-14(12)9-13(11-18)10-15-16(19)7-4-8-17(15)20/h2-8,13H,9-11H2,1H3. The molecule has 0 heterocycles. The molecule has 2 rings (SSSR count). The fourth-order valence-corrected chi connectivity index (χ4v) is 2.81. The van der Waals surface area contributed by atoms with Crippen LogP contribution in [0.4, 0.5) is 8.78 Å². The Labute approximate surface area is 127 Å². The Balaban J connectivity index is 2.16. The van der Waals surface area contributed by atoms with Crippen LogP contribution in [0.15, 0.2) is 42.5 Å². The molecule has 0 aliphatic carbocycles. The summed E-state index contributed by atoms with van der Waals surface area (Å²) in [5.41, 5.74) is 2.63. The minimum atomic E-state index is -0.458. The first kappa shape index (κ1) is 15.2. The van der Waals surface area contributed by atoms with Crippen molar-refractivity contribution in [2.45, 2.75) is 19.8 Å². The van der Waals surface area contributed by atoms with Crippen LogP contribution in [0.5, 0.6) is 0 Å². The zero-order valence-electron chi connectivity index (χ0n) is 11.4. The van der Waals surface area contributed by atoms with Gasteiger partial charge in [-0.1, -0.05) is 46.3 Å². The van der Waals surface area contributed by atoms with Gasteiger partial charge >= 0.3 is 0 Å². The number of hydrogen-bond donors (Lipinski definition) is 0. The average molecular weight is 339 g/mol. The summed E-state index contributed by atoms with van der Waals surface area (Å²) in [5.74, 6) is -0.746. The maximum atomic E-state index is 13.7. The van der Waals surface area contributed by atoms with E-state index in [0.29, 0.717) is 6.42 Å². The van der Waals surface area contributed by atoms with Crippen LogP contribution >= 0.6 is 15.9 Å². The van der Waals surface area contributed by atoms with Gasteiger partial charge in [0.05, 0.1) is 0 Å². The van der Waals surface area contributed by atoms with Crippen molar-refractivity contribution in [1.82, 2.24) is 0 Å². The van der Waals surface area contributed by atoms with E-state index in [9.17, 15) is 8.78 Å². The van der Waals surface area contributed by atoms with Gasteiger partial charge in [0.25, 0.3) is 0 Å². The highest BCUT2D eigenvalue weighted by Gasteiger charge is 2.16. The fraction of sp³-hybridized carbons (Fsp3) is 0.294. The number of hydrogen-bond acceptors (Lipinski definition) is 0. The predicted octanol–water partition coefficient (Wildman–Crippen LogP) is 5.07. The summed E-state index contributed by atoms with van der Waals surface area (Å²) in [6, 6.07) is 12.2. The Bertz CT molecular complexity index is 561. The van der Waals surface area contributed by atoms with Crippen LogP contribution in [0.25, 0.3) is 0 Å². The lowest BCUT2D eigenvalue weighted by atomic mass is 9.92. The Morgan fingerprint density at radius 2 is 1.60 bits per heavy atom. The van der Waals surface area contributed by atoms with Gasteiger partial charge in [0.15, 0.2) is 0 Å². The molecule has 106 valence electrons. The van der Waals surface area contributed by atoms with E-state index in [-0.39, 0.29) is 11.5 Å². The molecule has 0 radical (unpaired) electrons. The number of benzene rings is 2. The Morgan fingerprint density at radius 1 is 0.950 bits per heavy atom. The normalized spacial score (nSPS) is 12.4. The molecule has 0 nitrogen and oxygen atoms in total. The van der Waals surface area contributed by atoms with Crippen molar-refractivity contribution >= 4 is 15.9 Å².